The molecule has 1 heterocycles. The van der Waals surface area contributed by atoms with E-state index in [1.165, 1.54) is 12.1 Å². The van der Waals surface area contributed by atoms with Crippen LogP contribution < -0.4 is 11.4 Å². The maximum Gasteiger partial charge on any atom is 0.339 e. The van der Waals surface area contributed by atoms with Crippen molar-refractivity contribution in [3.05, 3.63) is 33.8 Å². The highest BCUT2D eigenvalue weighted by atomic mass is 16.4. The van der Waals surface area contributed by atoms with Crippen LogP contribution in [0.3, 0.4) is 0 Å². The van der Waals surface area contributed by atoms with Crippen LogP contribution >= 0.6 is 0 Å². The number of aryl methyl sites for hydroxylation is 1. The first-order valence-electron chi connectivity index (χ1n) is 3.50. The van der Waals surface area contributed by atoms with Gasteiger partial charge in [-0.25, -0.2) is 9.78 Å². The number of aromatic nitrogens is 1. The van der Waals surface area contributed by atoms with Crippen LogP contribution in [0.5, 0.6) is 0 Å². The van der Waals surface area contributed by atoms with Gasteiger partial charge in [0.25, 0.3) is 0 Å². The summed E-state index contributed by atoms with van der Waals surface area (Å²) in [6.45, 7) is 3.42. The fraction of sp³-hybridized carbons (Fsp3) is 0.250. The van der Waals surface area contributed by atoms with Gasteiger partial charge in [0.15, 0.2) is 0 Å². The summed E-state index contributed by atoms with van der Waals surface area (Å²) in [4.78, 5) is 14.8. The number of rotatable bonds is 1. The minimum atomic E-state index is -0.407. The van der Waals surface area contributed by atoms with Gasteiger partial charge in [0.05, 0.1) is 0 Å². The van der Waals surface area contributed by atoms with E-state index in [9.17, 15) is 4.79 Å². The van der Waals surface area contributed by atoms with Crippen LogP contribution in [-0.2, 0) is 0 Å². The molecule has 1 aromatic rings. The van der Waals surface area contributed by atoms with Crippen molar-refractivity contribution >= 4 is 6.08 Å². The van der Waals surface area contributed by atoms with E-state index < -0.39 is 5.63 Å². The first-order chi connectivity index (χ1) is 5.58. The summed E-state index contributed by atoms with van der Waals surface area (Å²) < 4.78 is 4.75. The summed E-state index contributed by atoms with van der Waals surface area (Å²) in [7, 11) is 0. The highest BCUT2D eigenvalue weighted by molar-refractivity contribution is 5.40. The number of hydrogen-bond donors (Lipinski definition) is 1. The smallest absolute Gasteiger partial charge is 0.339 e. The Morgan fingerprint density at radius 2 is 2.42 bits per heavy atom. The van der Waals surface area contributed by atoms with Gasteiger partial charge in [-0.3, -0.25) is 0 Å². The van der Waals surface area contributed by atoms with Crippen LogP contribution in [0.4, 0.5) is 0 Å². The Balaban J connectivity index is 3.18. The van der Waals surface area contributed by atoms with Crippen LogP contribution in [-0.4, -0.2) is 4.98 Å². The van der Waals surface area contributed by atoms with E-state index in [0.717, 1.165) is 0 Å². The molecule has 0 saturated heterocycles. The maximum atomic E-state index is 10.8. The molecule has 64 valence electrons. The van der Waals surface area contributed by atoms with Crippen molar-refractivity contribution < 1.29 is 4.42 Å². The summed E-state index contributed by atoms with van der Waals surface area (Å²) in [6.07, 6.45) is 1.51. The monoisotopic (exact) mass is 166 g/mol. The van der Waals surface area contributed by atoms with Crippen LogP contribution in [0.15, 0.2) is 21.0 Å². The molecule has 0 aliphatic heterocycles. The van der Waals surface area contributed by atoms with E-state index >= 15 is 0 Å². The Labute approximate surface area is 69.7 Å². The van der Waals surface area contributed by atoms with Gasteiger partial charge >= 0.3 is 5.63 Å². The number of nitrogens with zero attached hydrogens (tertiary/aromatic N) is 1. The second-order valence-corrected chi connectivity index (χ2v) is 2.55. The van der Waals surface area contributed by atoms with E-state index in [1.807, 2.05) is 0 Å². The topological polar surface area (TPSA) is 69.1 Å². The molecule has 2 N–H and O–H groups in total. The third kappa shape index (κ3) is 2.23. The summed E-state index contributed by atoms with van der Waals surface area (Å²) in [5.74, 6) is 0.250. The molecule has 0 aliphatic rings. The SMILES string of the molecule is C/C(N)=C/c1nc(C)cc(=O)o1. The van der Waals surface area contributed by atoms with Crippen molar-refractivity contribution in [1.29, 1.82) is 0 Å². The molecule has 1 rings (SSSR count). The van der Waals surface area contributed by atoms with Gasteiger partial charge in [-0.1, -0.05) is 0 Å². The summed E-state index contributed by atoms with van der Waals surface area (Å²) in [5, 5.41) is 0. The average Bonchev–Trinajstić information content (AvgIpc) is 1.81. The molecule has 0 saturated carbocycles. The third-order valence-corrected chi connectivity index (χ3v) is 1.17. The quantitative estimate of drug-likeness (QED) is 0.665. The fourth-order valence-electron chi connectivity index (χ4n) is 0.788. The van der Waals surface area contributed by atoms with Gasteiger partial charge in [-0.15, -0.1) is 0 Å². The lowest BCUT2D eigenvalue weighted by Crippen LogP contribution is -2.02. The normalized spacial score (nSPS) is 11.7. The highest BCUT2D eigenvalue weighted by Crippen LogP contribution is 1.97. The van der Waals surface area contributed by atoms with Gasteiger partial charge in [0, 0.05) is 23.5 Å². The predicted molar refractivity (Wildman–Crippen MR) is 45.3 cm³/mol. The number of hydrogen-bond acceptors (Lipinski definition) is 4. The zero-order valence-electron chi connectivity index (χ0n) is 7.00. The van der Waals surface area contributed by atoms with Gasteiger partial charge in [0.2, 0.25) is 5.89 Å². The maximum absolute atomic E-state index is 10.8. The second kappa shape index (κ2) is 3.21. The molecular formula is C8H10N2O2. The zero-order chi connectivity index (χ0) is 9.14. The average molecular weight is 166 g/mol. The predicted octanol–water partition coefficient (Wildman–Crippen LogP) is 0.663. The Kier molecular flexibility index (Phi) is 2.28. The van der Waals surface area contributed by atoms with Crippen molar-refractivity contribution in [2.75, 3.05) is 0 Å². The van der Waals surface area contributed by atoms with Crippen molar-refractivity contribution in [2.45, 2.75) is 13.8 Å². The van der Waals surface area contributed by atoms with E-state index in [4.69, 9.17) is 10.2 Å². The van der Waals surface area contributed by atoms with Crippen molar-refractivity contribution in [3.63, 3.8) is 0 Å². The molecule has 0 aliphatic carbocycles. The lowest BCUT2D eigenvalue weighted by Gasteiger charge is -1.93. The molecule has 0 radical (unpaired) electrons. The highest BCUT2D eigenvalue weighted by Gasteiger charge is 1.96. The van der Waals surface area contributed by atoms with Gasteiger partial charge in [0.1, 0.15) is 0 Å². The molecule has 0 spiro atoms. The molecule has 0 amide bonds. The summed E-state index contributed by atoms with van der Waals surface area (Å²) >= 11 is 0. The molecule has 12 heavy (non-hydrogen) atoms. The second-order valence-electron chi connectivity index (χ2n) is 2.55. The number of allylic oxidation sites excluding steroid dienone is 1. The third-order valence-electron chi connectivity index (χ3n) is 1.17. The molecule has 0 aromatic carbocycles. The van der Waals surface area contributed by atoms with E-state index in [2.05, 4.69) is 4.98 Å². The lowest BCUT2D eigenvalue weighted by molar-refractivity contribution is 0.476. The van der Waals surface area contributed by atoms with Crippen LogP contribution in [0, 0.1) is 6.92 Å². The van der Waals surface area contributed by atoms with E-state index in [-0.39, 0.29) is 5.89 Å². The van der Waals surface area contributed by atoms with Crippen molar-refractivity contribution in [1.82, 2.24) is 4.98 Å². The first-order valence-corrected chi connectivity index (χ1v) is 3.50. The largest absolute Gasteiger partial charge is 0.404 e. The molecular weight excluding hydrogens is 156 g/mol. The van der Waals surface area contributed by atoms with E-state index in [0.29, 0.717) is 11.4 Å². The Hall–Kier alpha value is -1.58. The Morgan fingerprint density at radius 1 is 1.75 bits per heavy atom. The zero-order valence-corrected chi connectivity index (χ0v) is 7.00. The molecule has 0 fully saturated rings. The Morgan fingerprint density at radius 3 is 2.92 bits per heavy atom. The Bertz CT molecular complexity index is 362. The standard InChI is InChI=1S/C8H10N2O2/c1-5(9)3-7-10-6(2)4-8(11)12-7/h3-4H,9H2,1-2H3/b5-3-. The minimum absolute atomic E-state index is 0.250. The molecule has 0 bridgehead atoms. The molecule has 4 heteroatoms. The first kappa shape index (κ1) is 8.52. The van der Waals surface area contributed by atoms with Crippen LogP contribution in [0.2, 0.25) is 0 Å². The van der Waals surface area contributed by atoms with Crippen LogP contribution in [0.25, 0.3) is 6.08 Å². The van der Waals surface area contributed by atoms with Gasteiger partial charge in [-0.2, -0.15) is 0 Å². The van der Waals surface area contributed by atoms with E-state index in [1.54, 1.807) is 13.8 Å². The summed E-state index contributed by atoms with van der Waals surface area (Å²) in [6, 6.07) is 1.32. The number of nitrogens with two attached hydrogens (primary N) is 1. The molecule has 0 atom stereocenters. The van der Waals surface area contributed by atoms with Gasteiger partial charge in [-0.05, 0) is 13.8 Å². The van der Waals surface area contributed by atoms with Gasteiger partial charge < -0.3 is 10.2 Å². The molecule has 0 unspecified atom stereocenters. The summed E-state index contributed by atoms with van der Waals surface area (Å²) in [5.41, 5.74) is 6.15. The van der Waals surface area contributed by atoms with Crippen LogP contribution in [0.1, 0.15) is 18.5 Å². The fourth-order valence-corrected chi connectivity index (χ4v) is 0.788. The lowest BCUT2D eigenvalue weighted by atomic mass is 10.4. The van der Waals surface area contributed by atoms with Crippen molar-refractivity contribution in [2.24, 2.45) is 5.73 Å². The van der Waals surface area contributed by atoms with Crippen molar-refractivity contribution in [3.8, 4) is 0 Å². The molecule has 4 nitrogen and oxygen atoms in total. The minimum Gasteiger partial charge on any atom is -0.404 e. The molecule has 1 aromatic heterocycles.